The van der Waals surface area contributed by atoms with Gasteiger partial charge in [0.2, 0.25) is 0 Å². The summed E-state index contributed by atoms with van der Waals surface area (Å²) in [5.74, 6) is -0.559. The predicted molar refractivity (Wildman–Crippen MR) is 118 cm³/mol. The number of hydrogen-bond donors (Lipinski definition) is 0. The van der Waals surface area contributed by atoms with Crippen molar-refractivity contribution in [2.75, 3.05) is 31.7 Å². The van der Waals surface area contributed by atoms with Crippen LogP contribution in [-0.2, 0) is 15.1 Å². The average molecular weight is 440 g/mol. The Bertz CT molecular complexity index is 1160. The summed E-state index contributed by atoms with van der Waals surface area (Å²) in [4.78, 5) is 27.2. The number of carbonyl (C=O) groups excluding carboxylic acids is 1. The number of aromatic nitrogens is 2. The van der Waals surface area contributed by atoms with Crippen LogP contribution in [0.3, 0.4) is 0 Å². The zero-order valence-corrected chi connectivity index (χ0v) is 18.0. The standard InChI is InChI=1S/C23H22ClN3O4/c1-23(16-8-4-3-5-9-16)15-26(12-13-31-23)19-14-25-27(21(28)20(19)24)18-11-7-6-10-17(18)22(29)30-2/h3-11,14H,12-13,15H2,1-2H3. The molecule has 0 spiro atoms. The highest BCUT2D eigenvalue weighted by atomic mass is 35.5. The minimum absolute atomic E-state index is 0.0342. The monoisotopic (exact) mass is 439 g/mol. The van der Waals surface area contributed by atoms with E-state index >= 15 is 0 Å². The zero-order chi connectivity index (χ0) is 22.0. The Balaban J connectivity index is 1.71. The van der Waals surface area contributed by atoms with Gasteiger partial charge < -0.3 is 14.4 Å². The molecule has 160 valence electrons. The van der Waals surface area contributed by atoms with Crippen LogP contribution < -0.4 is 10.5 Å². The topological polar surface area (TPSA) is 73.7 Å². The quantitative estimate of drug-likeness (QED) is 0.580. The molecule has 1 unspecified atom stereocenters. The zero-order valence-electron chi connectivity index (χ0n) is 17.2. The summed E-state index contributed by atoms with van der Waals surface area (Å²) in [6.07, 6.45) is 1.55. The van der Waals surface area contributed by atoms with Crippen LogP contribution in [0.15, 0.2) is 65.6 Å². The van der Waals surface area contributed by atoms with Gasteiger partial charge in [-0.15, -0.1) is 0 Å². The molecule has 0 bridgehead atoms. The van der Waals surface area contributed by atoms with E-state index in [-0.39, 0.29) is 10.6 Å². The average Bonchev–Trinajstić information content (AvgIpc) is 2.81. The summed E-state index contributed by atoms with van der Waals surface area (Å²) < 4.78 is 12.0. The Morgan fingerprint density at radius 3 is 2.58 bits per heavy atom. The number of halogens is 1. The second kappa shape index (κ2) is 8.53. The summed E-state index contributed by atoms with van der Waals surface area (Å²) in [5, 5.41) is 4.35. The van der Waals surface area contributed by atoms with Gasteiger partial charge in [-0.05, 0) is 24.6 Å². The molecule has 0 N–H and O–H groups in total. The van der Waals surface area contributed by atoms with Crippen LogP contribution in [0.4, 0.5) is 5.69 Å². The Hall–Kier alpha value is -3.16. The lowest BCUT2D eigenvalue weighted by Crippen LogP contribution is -2.49. The third-order valence-electron chi connectivity index (χ3n) is 5.44. The number of rotatable bonds is 4. The fourth-order valence-corrected chi connectivity index (χ4v) is 4.05. The van der Waals surface area contributed by atoms with E-state index in [0.717, 1.165) is 10.2 Å². The van der Waals surface area contributed by atoms with E-state index in [1.807, 2.05) is 42.2 Å². The van der Waals surface area contributed by atoms with Crippen LogP contribution in [-0.4, -0.2) is 42.6 Å². The van der Waals surface area contributed by atoms with Gasteiger partial charge in [0.05, 0.1) is 43.4 Å². The van der Waals surface area contributed by atoms with Gasteiger partial charge in [-0.1, -0.05) is 54.1 Å². The van der Waals surface area contributed by atoms with Crippen molar-refractivity contribution in [1.29, 1.82) is 0 Å². The number of ether oxygens (including phenoxy) is 2. The van der Waals surface area contributed by atoms with Gasteiger partial charge in [0.15, 0.2) is 0 Å². The maximum Gasteiger partial charge on any atom is 0.340 e. The molecule has 31 heavy (non-hydrogen) atoms. The third-order valence-corrected chi connectivity index (χ3v) is 5.79. The van der Waals surface area contributed by atoms with E-state index in [1.54, 1.807) is 30.5 Å². The number of anilines is 1. The maximum absolute atomic E-state index is 13.1. The molecule has 7 nitrogen and oxygen atoms in total. The lowest BCUT2D eigenvalue weighted by atomic mass is 9.93. The van der Waals surface area contributed by atoms with E-state index < -0.39 is 17.1 Å². The third kappa shape index (κ3) is 3.94. The van der Waals surface area contributed by atoms with Crippen molar-refractivity contribution >= 4 is 23.3 Å². The van der Waals surface area contributed by atoms with E-state index in [4.69, 9.17) is 21.1 Å². The molecule has 0 saturated carbocycles. The first-order valence-corrected chi connectivity index (χ1v) is 10.2. The molecule has 0 amide bonds. The van der Waals surface area contributed by atoms with Crippen molar-refractivity contribution in [1.82, 2.24) is 9.78 Å². The molecule has 1 aromatic heterocycles. The molecule has 4 rings (SSSR count). The van der Waals surface area contributed by atoms with Crippen LogP contribution in [0, 0.1) is 0 Å². The Morgan fingerprint density at radius 2 is 1.84 bits per heavy atom. The molecule has 8 heteroatoms. The van der Waals surface area contributed by atoms with Crippen molar-refractivity contribution < 1.29 is 14.3 Å². The van der Waals surface area contributed by atoms with E-state index in [2.05, 4.69) is 5.10 Å². The number of morpholine rings is 1. The predicted octanol–water partition coefficient (Wildman–Crippen LogP) is 3.42. The van der Waals surface area contributed by atoms with E-state index in [9.17, 15) is 9.59 Å². The first kappa shape index (κ1) is 21.1. The number of esters is 1. The number of nitrogens with zero attached hydrogens (tertiary/aromatic N) is 3. The fraction of sp³-hybridized carbons (Fsp3) is 0.261. The molecule has 1 aliphatic rings. The first-order valence-electron chi connectivity index (χ1n) is 9.84. The highest BCUT2D eigenvalue weighted by molar-refractivity contribution is 6.33. The molecule has 0 aliphatic carbocycles. The van der Waals surface area contributed by atoms with Crippen LogP contribution >= 0.6 is 11.6 Å². The van der Waals surface area contributed by atoms with Crippen molar-refractivity contribution in [2.45, 2.75) is 12.5 Å². The van der Waals surface area contributed by atoms with Crippen molar-refractivity contribution in [3.05, 3.63) is 87.3 Å². The molecule has 3 aromatic rings. The van der Waals surface area contributed by atoms with Gasteiger partial charge in [-0.25, -0.2) is 4.79 Å². The molecular weight excluding hydrogens is 418 g/mol. The molecular formula is C23H22ClN3O4. The van der Waals surface area contributed by atoms with Crippen molar-refractivity contribution in [3.63, 3.8) is 0 Å². The van der Waals surface area contributed by atoms with Gasteiger partial charge in [-0.2, -0.15) is 9.78 Å². The number of para-hydroxylation sites is 1. The van der Waals surface area contributed by atoms with E-state index in [1.165, 1.54) is 7.11 Å². The Kier molecular flexibility index (Phi) is 5.80. The Morgan fingerprint density at radius 1 is 1.13 bits per heavy atom. The molecule has 2 heterocycles. The summed E-state index contributed by atoms with van der Waals surface area (Å²) in [6.45, 7) is 3.59. The largest absolute Gasteiger partial charge is 0.465 e. The number of benzene rings is 2. The van der Waals surface area contributed by atoms with Crippen LogP contribution in [0.25, 0.3) is 5.69 Å². The van der Waals surface area contributed by atoms with E-state index in [0.29, 0.717) is 31.1 Å². The fourth-order valence-electron chi connectivity index (χ4n) is 3.80. The van der Waals surface area contributed by atoms with Crippen LogP contribution in [0.2, 0.25) is 5.02 Å². The molecule has 1 aliphatic heterocycles. The Labute approximate surface area is 184 Å². The maximum atomic E-state index is 13.1. The lowest BCUT2D eigenvalue weighted by Gasteiger charge is -2.42. The second-order valence-corrected chi connectivity index (χ2v) is 7.81. The van der Waals surface area contributed by atoms with Gasteiger partial charge >= 0.3 is 5.97 Å². The normalized spacial score (nSPS) is 18.6. The summed E-state index contributed by atoms with van der Waals surface area (Å²) in [6, 6.07) is 16.5. The second-order valence-electron chi connectivity index (χ2n) is 7.44. The number of methoxy groups -OCH3 is 1. The van der Waals surface area contributed by atoms with Gasteiger partial charge in [-0.3, -0.25) is 4.79 Å². The minimum Gasteiger partial charge on any atom is -0.465 e. The molecule has 1 saturated heterocycles. The minimum atomic E-state index is -0.559. The highest BCUT2D eigenvalue weighted by Gasteiger charge is 2.35. The first-order chi connectivity index (χ1) is 14.9. The summed E-state index contributed by atoms with van der Waals surface area (Å²) in [5.41, 5.74) is 1.06. The number of carbonyl (C=O) groups is 1. The van der Waals surface area contributed by atoms with Crippen molar-refractivity contribution in [2.24, 2.45) is 0 Å². The molecule has 0 radical (unpaired) electrons. The smallest absolute Gasteiger partial charge is 0.340 e. The summed E-state index contributed by atoms with van der Waals surface area (Å²) in [7, 11) is 1.29. The molecule has 1 atom stereocenters. The van der Waals surface area contributed by atoms with Crippen molar-refractivity contribution in [3.8, 4) is 5.69 Å². The summed E-state index contributed by atoms with van der Waals surface area (Å²) >= 11 is 6.51. The SMILES string of the molecule is COC(=O)c1ccccc1-n1ncc(N2CCOC(C)(c3ccccc3)C2)c(Cl)c1=O. The van der Waals surface area contributed by atoms with Gasteiger partial charge in [0.25, 0.3) is 5.56 Å². The molecule has 2 aromatic carbocycles. The molecule has 1 fully saturated rings. The van der Waals surface area contributed by atoms with Crippen LogP contribution in [0.1, 0.15) is 22.8 Å². The highest BCUT2D eigenvalue weighted by Crippen LogP contribution is 2.33. The van der Waals surface area contributed by atoms with Gasteiger partial charge in [0, 0.05) is 6.54 Å². The number of hydrogen-bond acceptors (Lipinski definition) is 6. The van der Waals surface area contributed by atoms with Crippen LogP contribution in [0.5, 0.6) is 0 Å². The van der Waals surface area contributed by atoms with Gasteiger partial charge in [0.1, 0.15) is 10.6 Å². The lowest BCUT2D eigenvalue weighted by molar-refractivity contribution is -0.0466.